The monoisotopic (exact) mass is 460 g/mol. The smallest absolute Gasteiger partial charge is 0.371 e. The summed E-state index contributed by atoms with van der Waals surface area (Å²) >= 11 is 0. The number of aryl methyl sites for hydroxylation is 2. The van der Waals surface area contributed by atoms with Gasteiger partial charge in [-0.05, 0) is 68.3 Å². The standard InChI is InChI=1S/C26H24N2O6/c1-4-32-24-13-18(6-9-22(24)33-15-20-7-10-23(34-20)26(30)31)12-19(14-27)25(29)28-21-8-5-16(2)11-17(21)3/h5-13H,4,15H2,1-3H3,(H,28,29)(H,30,31). The maximum absolute atomic E-state index is 12.7. The number of anilines is 1. The quantitative estimate of drug-likeness (QED) is 0.336. The van der Waals surface area contributed by atoms with E-state index in [2.05, 4.69) is 5.32 Å². The Labute approximate surface area is 197 Å². The van der Waals surface area contributed by atoms with Crippen molar-refractivity contribution < 1.29 is 28.6 Å². The van der Waals surface area contributed by atoms with Crippen molar-refractivity contribution in [1.82, 2.24) is 0 Å². The first-order valence-electron chi connectivity index (χ1n) is 10.5. The fourth-order valence-corrected chi connectivity index (χ4v) is 3.18. The van der Waals surface area contributed by atoms with Crippen LogP contribution >= 0.6 is 0 Å². The lowest BCUT2D eigenvalue weighted by Crippen LogP contribution is -2.14. The summed E-state index contributed by atoms with van der Waals surface area (Å²) in [4.78, 5) is 23.6. The normalized spacial score (nSPS) is 10.9. The number of nitrogens with one attached hydrogen (secondary N) is 1. The van der Waals surface area contributed by atoms with Crippen LogP contribution in [0.15, 0.2) is 58.5 Å². The number of furan rings is 1. The summed E-state index contributed by atoms with van der Waals surface area (Å²) in [6.07, 6.45) is 1.47. The van der Waals surface area contributed by atoms with E-state index in [1.54, 1.807) is 24.3 Å². The molecule has 0 aliphatic heterocycles. The molecule has 3 rings (SSSR count). The summed E-state index contributed by atoms with van der Waals surface area (Å²) < 4.78 is 16.6. The number of benzene rings is 2. The fourth-order valence-electron chi connectivity index (χ4n) is 3.18. The van der Waals surface area contributed by atoms with Gasteiger partial charge in [0.1, 0.15) is 24.0 Å². The zero-order chi connectivity index (χ0) is 24.7. The molecule has 0 unspecified atom stereocenters. The summed E-state index contributed by atoms with van der Waals surface area (Å²) in [5.41, 5.74) is 3.13. The van der Waals surface area contributed by atoms with Crippen molar-refractivity contribution in [3.63, 3.8) is 0 Å². The number of rotatable bonds is 9. The zero-order valence-corrected chi connectivity index (χ0v) is 19.0. The lowest BCUT2D eigenvalue weighted by Gasteiger charge is -2.12. The summed E-state index contributed by atoms with van der Waals surface area (Å²) in [5.74, 6) is -0.683. The second kappa shape index (κ2) is 10.9. The van der Waals surface area contributed by atoms with Gasteiger partial charge in [-0.2, -0.15) is 5.26 Å². The highest BCUT2D eigenvalue weighted by Gasteiger charge is 2.14. The Bertz CT molecular complexity index is 1280. The average molecular weight is 460 g/mol. The number of nitriles is 1. The lowest BCUT2D eigenvalue weighted by molar-refractivity contribution is -0.112. The van der Waals surface area contributed by atoms with Crippen molar-refractivity contribution >= 4 is 23.6 Å². The van der Waals surface area contributed by atoms with E-state index in [1.165, 1.54) is 18.2 Å². The predicted octanol–water partition coefficient (Wildman–Crippen LogP) is 5.12. The van der Waals surface area contributed by atoms with Crippen LogP contribution in [0.4, 0.5) is 5.69 Å². The molecule has 0 saturated heterocycles. The highest BCUT2D eigenvalue weighted by Crippen LogP contribution is 2.30. The van der Waals surface area contributed by atoms with E-state index >= 15 is 0 Å². The molecule has 0 bridgehead atoms. The summed E-state index contributed by atoms with van der Waals surface area (Å²) in [5, 5.41) is 21.3. The molecule has 8 nitrogen and oxygen atoms in total. The molecule has 0 saturated carbocycles. The molecule has 174 valence electrons. The number of carbonyl (C=O) groups is 2. The minimum Gasteiger partial charge on any atom is -0.490 e. The fraction of sp³-hybridized carbons (Fsp3) is 0.192. The summed E-state index contributed by atoms with van der Waals surface area (Å²) in [6, 6.07) is 15.4. The van der Waals surface area contributed by atoms with Crippen LogP contribution in [-0.4, -0.2) is 23.6 Å². The largest absolute Gasteiger partial charge is 0.490 e. The summed E-state index contributed by atoms with van der Waals surface area (Å²) in [7, 11) is 0. The minimum absolute atomic E-state index is 0.00426. The van der Waals surface area contributed by atoms with Crippen LogP contribution in [0.25, 0.3) is 6.08 Å². The van der Waals surface area contributed by atoms with Crippen molar-refractivity contribution in [3.05, 3.63) is 82.3 Å². The maximum Gasteiger partial charge on any atom is 0.371 e. The van der Waals surface area contributed by atoms with Crippen LogP contribution in [0, 0.1) is 25.2 Å². The van der Waals surface area contributed by atoms with Crippen LogP contribution in [-0.2, 0) is 11.4 Å². The van der Waals surface area contributed by atoms with E-state index in [0.29, 0.717) is 35.1 Å². The van der Waals surface area contributed by atoms with Gasteiger partial charge in [-0.3, -0.25) is 4.79 Å². The van der Waals surface area contributed by atoms with Gasteiger partial charge in [0, 0.05) is 5.69 Å². The van der Waals surface area contributed by atoms with Crippen molar-refractivity contribution in [3.8, 4) is 17.6 Å². The van der Waals surface area contributed by atoms with Crippen molar-refractivity contribution in [2.24, 2.45) is 0 Å². The van der Waals surface area contributed by atoms with Gasteiger partial charge in [0.05, 0.1) is 6.61 Å². The molecule has 1 amide bonds. The summed E-state index contributed by atoms with van der Waals surface area (Å²) in [6.45, 7) is 6.03. The van der Waals surface area contributed by atoms with Gasteiger partial charge in [0.2, 0.25) is 5.76 Å². The molecule has 0 aliphatic carbocycles. The molecule has 0 radical (unpaired) electrons. The first-order chi connectivity index (χ1) is 16.3. The zero-order valence-electron chi connectivity index (χ0n) is 19.0. The lowest BCUT2D eigenvalue weighted by atomic mass is 10.1. The number of hydrogen-bond donors (Lipinski definition) is 2. The van der Waals surface area contributed by atoms with Crippen LogP contribution in [0.3, 0.4) is 0 Å². The molecule has 0 aliphatic rings. The van der Waals surface area contributed by atoms with Crippen molar-refractivity contribution in [2.75, 3.05) is 11.9 Å². The molecule has 2 aromatic carbocycles. The van der Waals surface area contributed by atoms with E-state index in [4.69, 9.17) is 19.0 Å². The van der Waals surface area contributed by atoms with Gasteiger partial charge in [-0.15, -0.1) is 0 Å². The molecule has 0 fully saturated rings. The van der Waals surface area contributed by atoms with Crippen molar-refractivity contribution in [1.29, 1.82) is 5.26 Å². The van der Waals surface area contributed by atoms with E-state index in [1.807, 2.05) is 39.0 Å². The Kier molecular flexibility index (Phi) is 7.72. The van der Waals surface area contributed by atoms with Crippen LogP contribution in [0.5, 0.6) is 11.5 Å². The molecule has 1 aromatic heterocycles. The van der Waals surface area contributed by atoms with Crippen molar-refractivity contribution in [2.45, 2.75) is 27.4 Å². The molecule has 2 N–H and O–H groups in total. The SMILES string of the molecule is CCOc1cc(C=C(C#N)C(=O)Nc2ccc(C)cc2C)ccc1OCc1ccc(C(=O)O)o1. The first-order valence-corrected chi connectivity index (χ1v) is 10.5. The van der Waals surface area contributed by atoms with Crippen LogP contribution < -0.4 is 14.8 Å². The van der Waals surface area contributed by atoms with Gasteiger partial charge in [0.25, 0.3) is 5.91 Å². The Morgan fingerprint density at radius 3 is 2.53 bits per heavy atom. The Balaban J connectivity index is 1.78. The minimum atomic E-state index is -1.16. The van der Waals surface area contributed by atoms with Crippen LogP contribution in [0.2, 0.25) is 0 Å². The molecular formula is C26H24N2O6. The topological polar surface area (TPSA) is 122 Å². The number of ether oxygens (including phenoxy) is 2. The third-order valence-corrected chi connectivity index (χ3v) is 4.82. The molecule has 3 aromatic rings. The number of carboxylic acids is 1. The van der Waals surface area contributed by atoms with Gasteiger partial charge in [-0.25, -0.2) is 4.79 Å². The van der Waals surface area contributed by atoms with E-state index in [9.17, 15) is 14.9 Å². The number of carboxylic acid groups (broad SMARTS) is 1. The molecule has 34 heavy (non-hydrogen) atoms. The Hall–Kier alpha value is -4.51. The molecular weight excluding hydrogens is 436 g/mol. The molecule has 0 spiro atoms. The van der Waals surface area contributed by atoms with E-state index in [-0.39, 0.29) is 17.9 Å². The van der Waals surface area contributed by atoms with Gasteiger partial charge in [-0.1, -0.05) is 23.8 Å². The maximum atomic E-state index is 12.7. The second-order valence-electron chi connectivity index (χ2n) is 7.44. The number of carbonyl (C=O) groups excluding carboxylic acids is 1. The highest BCUT2D eigenvalue weighted by molar-refractivity contribution is 6.10. The van der Waals surface area contributed by atoms with Gasteiger partial charge >= 0.3 is 5.97 Å². The van der Waals surface area contributed by atoms with E-state index < -0.39 is 11.9 Å². The third kappa shape index (κ3) is 6.04. The van der Waals surface area contributed by atoms with Gasteiger partial charge < -0.3 is 24.3 Å². The number of amides is 1. The predicted molar refractivity (Wildman–Crippen MR) is 126 cm³/mol. The van der Waals surface area contributed by atoms with E-state index in [0.717, 1.165) is 11.1 Å². The molecule has 0 atom stereocenters. The second-order valence-corrected chi connectivity index (χ2v) is 7.44. The average Bonchev–Trinajstić information content (AvgIpc) is 3.28. The van der Waals surface area contributed by atoms with Gasteiger partial charge in [0.15, 0.2) is 11.5 Å². The molecule has 1 heterocycles. The number of aromatic carboxylic acids is 1. The highest BCUT2D eigenvalue weighted by atomic mass is 16.5. The number of hydrogen-bond acceptors (Lipinski definition) is 6. The Morgan fingerprint density at radius 2 is 1.88 bits per heavy atom. The first kappa shape index (κ1) is 24.1. The third-order valence-electron chi connectivity index (χ3n) is 4.82. The Morgan fingerprint density at radius 1 is 1.09 bits per heavy atom. The van der Waals surface area contributed by atoms with Crippen LogP contribution in [0.1, 0.15) is 39.9 Å². The number of nitrogens with zero attached hydrogens (tertiary/aromatic N) is 1. The molecule has 8 heteroatoms.